The van der Waals surface area contributed by atoms with Crippen molar-refractivity contribution in [2.75, 3.05) is 0 Å². The lowest BCUT2D eigenvalue weighted by Crippen LogP contribution is -2.58. The zero-order valence-electron chi connectivity index (χ0n) is 19.2. The highest BCUT2D eigenvalue weighted by molar-refractivity contribution is 5.92. The normalized spacial score (nSPS) is 41.6. The Hall–Kier alpha value is -1.79. The fourth-order valence-electron chi connectivity index (χ4n) is 7.48. The molecule has 4 aliphatic carbocycles. The summed E-state index contributed by atoms with van der Waals surface area (Å²) in [5, 5.41) is 0. The first-order valence-corrected chi connectivity index (χ1v) is 10.7. The topological polar surface area (TPSA) is 130 Å². The van der Waals surface area contributed by atoms with Crippen LogP contribution in [-0.4, -0.2) is 23.1 Å². The van der Waals surface area contributed by atoms with Crippen molar-refractivity contribution in [1.29, 1.82) is 0 Å². The molecule has 6 atom stereocenters. The molecule has 168 valence electrons. The molecule has 0 unspecified atom stereocenters. The van der Waals surface area contributed by atoms with Gasteiger partial charge in [-0.3, -0.25) is 14.4 Å². The van der Waals surface area contributed by atoms with Gasteiger partial charge in [0.1, 0.15) is 0 Å². The van der Waals surface area contributed by atoms with Crippen LogP contribution in [0.2, 0.25) is 0 Å². The van der Waals surface area contributed by atoms with Crippen molar-refractivity contribution in [3.8, 4) is 0 Å². The van der Waals surface area contributed by atoms with Crippen molar-refractivity contribution in [3.63, 3.8) is 0 Å². The Morgan fingerprint density at radius 2 is 1.67 bits per heavy atom. The summed E-state index contributed by atoms with van der Waals surface area (Å²) in [6, 6.07) is 0. The number of hydrogen-bond donors (Lipinski definition) is 2. The molecule has 6 N–H and O–H groups in total. The molecular formula is C24H38N2O4. The van der Waals surface area contributed by atoms with Gasteiger partial charge in [0.25, 0.3) is 0 Å². The van der Waals surface area contributed by atoms with E-state index in [1.165, 1.54) is 18.1 Å². The van der Waals surface area contributed by atoms with Gasteiger partial charge in [0.05, 0.1) is 0 Å². The number of fused-ring (bicyclic) bond motifs is 5. The van der Waals surface area contributed by atoms with E-state index in [0.29, 0.717) is 30.6 Å². The Balaban J connectivity index is 0.00000160. The second kappa shape index (κ2) is 7.72. The molecule has 0 heterocycles. The summed E-state index contributed by atoms with van der Waals surface area (Å²) in [5.41, 5.74) is 1.15. The van der Waals surface area contributed by atoms with Crippen LogP contribution in [0.1, 0.15) is 73.1 Å². The van der Waals surface area contributed by atoms with Gasteiger partial charge in [-0.15, -0.1) is 0 Å². The molecule has 0 radical (unpaired) electrons. The second-order valence-electron chi connectivity index (χ2n) is 10.1. The van der Waals surface area contributed by atoms with E-state index >= 15 is 0 Å². The summed E-state index contributed by atoms with van der Waals surface area (Å²) in [5.74, 6) is 1.03. The highest BCUT2D eigenvalue weighted by Gasteiger charge is 2.67. The third-order valence-corrected chi connectivity index (χ3v) is 8.84. The Morgan fingerprint density at radius 1 is 1.03 bits per heavy atom. The van der Waals surface area contributed by atoms with Gasteiger partial charge >= 0.3 is 5.97 Å². The van der Waals surface area contributed by atoms with Crippen LogP contribution in [0.15, 0.2) is 23.3 Å². The quantitative estimate of drug-likeness (QED) is 0.613. The molecule has 0 bridgehead atoms. The van der Waals surface area contributed by atoms with Crippen LogP contribution in [-0.2, 0) is 19.1 Å². The van der Waals surface area contributed by atoms with E-state index in [1.54, 1.807) is 6.92 Å². The average Bonchev–Trinajstić information content (AvgIpc) is 2.90. The Kier molecular flexibility index (Phi) is 6.30. The maximum absolute atomic E-state index is 12.8. The lowest BCUT2D eigenvalue weighted by Gasteiger charge is -2.58. The van der Waals surface area contributed by atoms with Crippen LogP contribution in [0.25, 0.3) is 0 Å². The van der Waals surface area contributed by atoms with Crippen molar-refractivity contribution in [2.24, 2.45) is 28.6 Å². The molecule has 0 amide bonds. The third kappa shape index (κ3) is 3.02. The molecule has 6 heteroatoms. The second-order valence-corrected chi connectivity index (χ2v) is 10.1. The molecule has 0 aromatic carbocycles. The lowest BCUT2D eigenvalue weighted by molar-refractivity contribution is -0.185. The van der Waals surface area contributed by atoms with E-state index in [2.05, 4.69) is 26.8 Å². The van der Waals surface area contributed by atoms with Crippen molar-refractivity contribution in [2.45, 2.75) is 78.7 Å². The number of allylic oxidation sites excluding steroid dienone is 4. The number of rotatable bonds is 2. The molecule has 0 aromatic heterocycles. The largest absolute Gasteiger partial charge is 0.451 e. The van der Waals surface area contributed by atoms with Crippen molar-refractivity contribution < 1.29 is 19.1 Å². The van der Waals surface area contributed by atoms with Gasteiger partial charge in [-0.05, 0) is 80.8 Å². The number of esters is 1. The predicted molar refractivity (Wildman–Crippen MR) is 116 cm³/mol. The summed E-state index contributed by atoms with van der Waals surface area (Å²) in [7, 11) is 0. The van der Waals surface area contributed by atoms with Gasteiger partial charge in [0, 0.05) is 18.8 Å². The number of ketones is 2. The van der Waals surface area contributed by atoms with Gasteiger partial charge in [0.2, 0.25) is 0 Å². The third-order valence-electron chi connectivity index (χ3n) is 8.84. The molecule has 0 spiro atoms. The van der Waals surface area contributed by atoms with E-state index in [9.17, 15) is 14.4 Å². The first-order chi connectivity index (χ1) is 13.0. The molecule has 2 fully saturated rings. The maximum atomic E-state index is 12.8. The average molecular weight is 419 g/mol. The van der Waals surface area contributed by atoms with Gasteiger partial charge < -0.3 is 17.0 Å². The lowest BCUT2D eigenvalue weighted by atomic mass is 9.47. The van der Waals surface area contributed by atoms with Gasteiger partial charge in [0.15, 0.2) is 17.2 Å². The van der Waals surface area contributed by atoms with E-state index in [0.717, 1.165) is 25.7 Å². The molecule has 4 aliphatic rings. The van der Waals surface area contributed by atoms with Crippen molar-refractivity contribution in [3.05, 3.63) is 23.3 Å². The summed E-state index contributed by atoms with van der Waals surface area (Å²) in [4.78, 5) is 36.8. The van der Waals surface area contributed by atoms with Crippen LogP contribution in [0.4, 0.5) is 0 Å². The van der Waals surface area contributed by atoms with Gasteiger partial charge in [-0.2, -0.15) is 0 Å². The molecule has 0 aromatic rings. The van der Waals surface area contributed by atoms with Crippen LogP contribution < -0.4 is 12.3 Å². The molecule has 30 heavy (non-hydrogen) atoms. The first-order valence-electron chi connectivity index (χ1n) is 10.7. The van der Waals surface area contributed by atoms with E-state index < -0.39 is 5.60 Å². The number of carbonyl (C=O) groups excluding carboxylic acids is 3. The number of ether oxygens (including phenoxy) is 1. The summed E-state index contributed by atoms with van der Waals surface area (Å²) < 4.78 is 5.82. The Labute approximate surface area is 180 Å². The van der Waals surface area contributed by atoms with E-state index in [1.807, 2.05) is 6.08 Å². The molecule has 0 saturated heterocycles. The molecule has 2 saturated carbocycles. The SMILES string of the molecule is CC(=O)O[C@]1(C(C)=O)CC[C@H]2[C@@H]3C=C(C)C4=CC(=O)CC[C@]4(C)[C@H]3CC[C@@]21C.N.N. The minimum atomic E-state index is -0.990. The maximum Gasteiger partial charge on any atom is 0.303 e. The van der Waals surface area contributed by atoms with Crippen LogP contribution in [0.5, 0.6) is 0 Å². The highest BCUT2D eigenvalue weighted by Crippen LogP contribution is 2.67. The molecule has 0 aliphatic heterocycles. The van der Waals surface area contributed by atoms with Crippen LogP contribution in [0, 0.1) is 28.6 Å². The van der Waals surface area contributed by atoms with Crippen molar-refractivity contribution in [1.82, 2.24) is 12.3 Å². The highest BCUT2D eigenvalue weighted by atomic mass is 16.6. The fraction of sp³-hybridized carbons (Fsp3) is 0.708. The fourth-order valence-corrected chi connectivity index (χ4v) is 7.48. The zero-order chi connectivity index (χ0) is 20.5. The number of carbonyl (C=O) groups is 3. The minimum absolute atomic E-state index is 0. The van der Waals surface area contributed by atoms with E-state index in [-0.39, 0.29) is 40.7 Å². The van der Waals surface area contributed by atoms with Crippen molar-refractivity contribution >= 4 is 17.5 Å². The van der Waals surface area contributed by atoms with Crippen LogP contribution in [0.3, 0.4) is 0 Å². The standard InChI is InChI=1S/C24H32O4.2H3N/c1-14-12-18-19(22(4)9-6-17(27)13-21(14)22)7-10-23(5)20(18)8-11-24(23,15(2)25)28-16(3)26;;/h12-13,18-20H,6-11H2,1-5H3;2*1H3/t18-,19+,20+,22-,23+,24+;;/m1../s1. The Bertz CT molecular complexity index is 831. The first kappa shape index (κ1) is 24.5. The molecular weight excluding hydrogens is 380 g/mol. The predicted octanol–water partition coefficient (Wildman–Crippen LogP) is 4.90. The number of Topliss-reactive ketones (excluding diaryl/α,β-unsaturated/α-hetero) is 1. The zero-order valence-corrected chi connectivity index (χ0v) is 19.2. The summed E-state index contributed by atoms with van der Waals surface area (Å²) in [6.07, 6.45) is 9.20. The van der Waals surface area contributed by atoms with Gasteiger partial charge in [-0.1, -0.05) is 25.5 Å². The summed E-state index contributed by atoms with van der Waals surface area (Å²) >= 11 is 0. The minimum Gasteiger partial charge on any atom is -0.451 e. The molecule has 6 nitrogen and oxygen atoms in total. The van der Waals surface area contributed by atoms with Crippen LogP contribution >= 0.6 is 0 Å². The van der Waals surface area contributed by atoms with E-state index in [4.69, 9.17) is 4.74 Å². The molecule has 4 rings (SSSR count). The summed E-state index contributed by atoms with van der Waals surface area (Å²) in [6.45, 7) is 9.63. The number of hydrogen-bond acceptors (Lipinski definition) is 6. The Morgan fingerprint density at radius 3 is 2.27 bits per heavy atom. The monoisotopic (exact) mass is 418 g/mol. The van der Waals surface area contributed by atoms with Gasteiger partial charge in [-0.25, -0.2) is 0 Å². The smallest absolute Gasteiger partial charge is 0.303 e.